The Labute approximate surface area is 312 Å². The highest BCUT2D eigenvalue weighted by Gasteiger charge is 2.55. The summed E-state index contributed by atoms with van der Waals surface area (Å²) in [4.78, 5) is 0. The van der Waals surface area contributed by atoms with Gasteiger partial charge in [-0.15, -0.1) is 0 Å². The van der Waals surface area contributed by atoms with E-state index in [4.69, 9.17) is 0 Å². The molecule has 4 N–H and O–H groups in total. The fourth-order valence-corrected chi connectivity index (χ4v) is 7.71. The topological polar surface area (TPSA) is 33.2 Å². The predicted molar refractivity (Wildman–Crippen MR) is 171 cm³/mol. The third-order valence-corrected chi connectivity index (χ3v) is 9.68. The second-order valence-electron chi connectivity index (χ2n) is 12.9. The normalized spacial score (nSPS) is 12.1. The van der Waals surface area contributed by atoms with Gasteiger partial charge in [-0.25, -0.2) is 79.0 Å². The van der Waals surface area contributed by atoms with Crippen LogP contribution in [0.3, 0.4) is 0 Å². The van der Waals surface area contributed by atoms with E-state index in [2.05, 4.69) is 0 Å². The monoisotopic (exact) mass is 840 g/mol. The number of nitrogens with two attached hydrogens (primary N) is 2. The zero-order valence-electron chi connectivity index (χ0n) is 28.0. The molecule has 0 saturated heterocycles. The van der Waals surface area contributed by atoms with Crippen molar-refractivity contribution >= 4 is 45.3 Å². The minimum absolute atomic E-state index is 0.266. The summed E-state index contributed by atoms with van der Waals surface area (Å²) in [7, 11) is 0. The van der Waals surface area contributed by atoms with Gasteiger partial charge >= 0.3 is 12.6 Å². The van der Waals surface area contributed by atoms with Crippen molar-refractivity contribution in [2.24, 2.45) is 0 Å². The van der Waals surface area contributed by atoms with E-state index in [1.165, 1.54) is 0 Å². The van der Waals surface area contributed by atoms with Crippen molar-refractivity contribution in [3.05, 3.63) is 178 Å². The van der Waals surface area contributed by atoms with Crippen LogP contribution in [0.2, 0.25) is 0 Å². The molecule has 0 aliphatic heterocycles. The molecule has 0 aliphatic carbocycles. The van der Waals surface area contributed by atoms with Crippen molar-refractivity contribution < 1.29 is 89.7 Å². The number of hydrogen-bond donors (Lipinski definition) is 2. The van der Waals surface area contributed by atoms with Gasteiger partial charge in [0.15, 0.2) is 0 Å². The Kier molecular flexibility index (Phi) is 10.9. The molecule has 302 valence electrons. The van der Waals surface area contributed by atoms with Crippen molar-refractivity contribution in [2.45, 2.75) is 0 Å². The second kappa shape index (κ2) is 15.1. The second-order valence-corrected chi connectivity index (χ2v) is 12.9. The lowest BCUT2D eigenvalue weighted by atomic mass is 9.21. The Morgan fingerprint density at radius 1 is 0.207 bits per heavy atom. The maximum absolute atomic E-state index is 16.2. The average Bonchev–Trinajstić information content (AvgIpc) is 3.04. The molecular weight excluding hydrogens is 824 g/mol. The maximum atomic E-state index is 16.2. The van der Waals surface area contributed by atoms with Gasteiger partial charge in [0.1, 0.15) is 105 Å². The zero-order valence-corrected chi connectivity index (χ0v) is 28.0. The number of halogens is 18. The number of quaternary nitrogens is 2. The Bertz CT molecular complexity index is 2060. The van der Waals surface area contributed by atoms with E-state index in [1.807, 2.05) is 0 Å². The third-order valence-electron chi connectivity index (χ3n) is 9.68. The van der Waals surface area contributed by atoms with Crippen molar-refractivity contribution in [1.29, 1.82) is 0 Å². The van der Waals surface area contributed by atoms with Crippen LogP contribution in [0.1, 0.15) is 0 Å². The standard InChI is InChI=1S/C36H16B2F18N2/c39-13-1-19(45)31(20(46)2-13)37(32-21(47)3-14(40)4-22(32)48,33-23(49)5-15(41)6-24(33)50)57-58-38(34-25(51)7-16(42)8-26(34)52,35-27(53)9-17(43)10-28(35)54)36-29(55)11-18(44)12-30(36)56/h1-12H,57-58H2. The molecule has 6 rings (SSSR count). The SMILES string of the molecule is Fc1cc(F)c([B-]([NH2+][NH2+][B-](c2c(F)cc(F)cc2F)(c2c(F)cc(F)cc2F)c2c(F)cc(F)cc2F)(c2c(F)cc(F)cc2F)c2c(F)cc(F)cc2F)c(F)c1. The molecule has 0 aliphatic rings. The fourth-order valence-electron chi connectivity index (χ4n) is 7.71. The number of rotatable bonds is 9. The molecule has 0 saturated carbocycles. The highest BCUT2D eigenvalue weighted by atomic mass is 19.2. The van der Waals surface area contributed by atoms with Crippen LogP contribution in [-0.4, -0.2) is 12.6 Å². The van der Waals surface area contributed by atoms with Gasteiger partial charge in [0.2, 0.25) is 0 Å². The Morgan fingerprint density at radius 3 is 0.414 bits per heavy atom. The van der Waals surface area contributed by atoms with Gasteiger partial charge in [-0.3, -0.25) is 0 Å². The van der Waals surface area contributed by atoms with Crippen LogP contribution in [0.15, 0.2) is 72.8 Å². The van der Waals surface area contributed by atoms with Gasteiger partial charge in [-0.1, -0.05) is 32.8 Å². The molecule has 0 bridgehead atoms. The van der Waals surface area contributed by atoms with Crippen LogP contribution in [0.5, 0.6) is 0 Å². The Balaban J connectivity index is 1.92. The molecule has 2 nitrogen and oxygen atoms in total. The minimum atomic E-state index is -5.43. The Hall–Kier alpha value is -5.89. The van der Waals surface area contributed by atoms with E-state index in [0.717, 1.165) is 0 Å². The smallest absolute Gasteiger partial charge is 0.344 e. The molecule has 0 amide bonds. The van der Waals surface area contributed by atoms with Gasteiger partial charge < -0.3 is 10.7 Å². The molecule has 22 heteroatoms. The highest BCUT2D eigenvalue weighted by molar-refractivity contribution is 7.07. The third kappa shape index (κ3) is 6.82. The summed E-state index contributed by atoms with van der Waals surface area (Å²) in [6, 6.07) is -3.19. The number of hydrogen-bond acceptors (Lipinski definition) is 0. The van der Waals surface area contributed by atoms with Gasteiger partial charge in [0.05, 0.1) is 0 Å². The minimum Gasteiger partial charge on any atom is -0.404 e. The first-order chi connectivity index (χ1) is 27.1. The Morgan fingerprint density at radius 2 is 0.310 bits per heavy atom. The quantitative estimate of drug-likeness (QED) is 0.0962. The molecular formula is C36H16B2F18N2. The van der Waals surface area contributed by atoms with Crippen molar-refractivity contribution in [3.8, 4) is 0 Å². The molecule has 0 fully saturated rings. The lowest BCUT2D eigenvalue weighted by Crippen LogP contribution is -3.48. The van der Waals surface area contributed by atoms with Gasteiger partial charge in [0.25, 0.3) is 0 Å². The lowest BCUT2D eigenvalue weighted by Gasteiger charge is -2.45. The van der Waals surface area contributed by atoms with Gasteiger partial charge in [-0.05, 0) is 0 Å². The van der Waals surface area contributed by atoms with Gasteiger partial charge in [0, 0.05) is 72.8 Å². The van der Waals surface area contributed by atoms with Crippen LogP contribution in [-0.2, 0) is 0 Å². The van der Waals surface area contributed by atoms with Crippen molar-refractivity contribution in [1.82, 2.24) is 0 Å². The van der Waals surface area contributed by atoms with Crippen molar-refractivity contribution in [3.63, 3.8) is 0 Å². The van der Waals surface area contributed by atoms with E-state index < -0.39 is 150 Å². The molecule has 0 unspecified atom stereocenters. The molecule has 58 heavy (non-hydrogen) atoms. The largest absolute Gasteiger partial charge is 0.404 e. The van der Waals surface area contributed by atoms with Gasteiger partial charge in [-0.2, -0.15) is 0 Å². The molecule has 6 aromatic carbocycles. The van der Waals surface area contributed by atoms with Crippen LogP contribution >= 0.6 is 0 Å². The van der Waals surface area contributed by atoms with E-state index in [1.54, 1.807) is 0 Å². The summed E-state index contributed by atoms with van der Waals surface area (Å²) in [6.45, 7) is 0. The summed E-state index contributed by atoms with van der Waals surface area (Å²) in [5, 5.41) is -0.601. The predicted octanol–water partition coefficient (Wildman–Crippen LogP) is 3.87. The van der Waals surface area contributed by atoms with E-state index in [0.29, 0.717) is 0 Å². The van der Waals surface area contributed by atoms with E-state index in [9.17, 15) is 26.3 Å². The summed E-state index contributed by atoms with van der Waals surface area (Å²) in [5.41, 5.74) is -12.4. The first-order valence-corrected chi connectivity index (χ1v) is 16.1. The first-order valence-electron chi connectivity index (χ1n) is 16.1. The first kappa shape index (κ1) is 41.7. The molecule has 0 heterocycles. The summed E-state index contributed by atoms with van der Waals surface area (Å²) in [6.07, 6.45) is -10.9. The van der Waals surface area contributed by atoms with Crippen molar-refractivity contribution in [2.75, 3.05) is 0 Å². The van der Waals surface area contributed by atoms with Crippen LogP contribution in [0, 0.1) is 105 Å². The molecule has 0 spiro atoms. The van der Waals surface area contributed by atoms with E-state index in [-0.39, 0.29) is 83.5 Å². The maximum Gasteiger partial charge on any atom is 0.344 e. The summed E-state index contributed by atoms with van der Waals surface area (Å²) in [5.74, 6) is -39.2. The van der Waals surface area contributed by atoms with E-state index >= 15 is 52.7 Å². The van der Waals surface area contributed by atoms with Crippen LogP contribution in [0.4, 0.5) is 79.0 Å². The summed E-state index contributed by atoms with van der Waals surface area (Å²) >= 11 is 0. The fraction of sp³-hybridized carbons (Fsp3) is 0. The zero-order chi connectivity index (χ0) is 42.8. The average molecular weight is 840 g/mol. The molecule has 6 aromatic rings. The highest BCUT2D eigenvalue weighted by Crippen LogP contribution is 2.20. The van der Waals surface area contributed by atoms with Crippen LogP contribution < -0.4 is 43.5 Å². The molecule has 0 aromatic heterocycles. The van der Waals surface area contributed by atoms with Crippen LogP contribution in [0.25, 0.3) is 0 Å². The molecule has 0 radical (unpaired) electrons. The summed E-state index contributed by atoms with van der Waals surface area (Å²) < 4.78 is 280. The molecule has 0 atom stereocenters. The lowest BCUT2D eigenvalue weighted by molar-refractivity contribution is -1.16. The number of benzene rings is 6.